The number of carboxylic acid groups (broad SMARTS) is 1. The van der Waals surface area contributed by atoms with Crippen molar-refractivity contribution in [3.8, 4) is 17.1 Å². The van der Waals surface area contributed by atoms with E-state index in [2.05, 4.69) is 25.9 Å². The lowest BCUT2D eigenvalue weighted by molar-refractivity contribution is 0.0690. The SMILES string of the molecule is COc1ccc(-c2nc(Br)c(C(=O)O)[nH]2)cc1. The van der Waals surface area contributed by atoms with Crippen molar-refractivity contribution in [2.24, 2.45) is 0 Å². The van der Waals surface area contributed by atoms with Gasteiger partial charge in [-0.25, -0.2) is 9.78 Å². The molecule has 0 aliphatic rings. The first-order chi connectivity index (χ1) is 8.11. The topological polar surface area (TPSA) is 75.2 Å². The Morgan fingerprint density at radius 2 is 2.06 bits per heavy atom. The number of imidazole rings is 1. The van der Waals surface area contributed by atoms with E-state index in [9.17, 15) is 4.79 Å². The van der Waals surface area contributed by atoms with Gasteiger partial charge in [0, 0.05) is 5.56 Å². The molecule has 0 atom stereocenters. The zero-order chi connectivity index (χ0) is 12.4. The molecule has 2 rings (SSSR count). The third kappa shape index (κ3) is 2.31. The van der Waals surface area contributed by atoms with Gasteiger partial charge in [-0.2, -0.15) is 0 Å². The molecule has 0 saturated carbocycles. The number of hydrogen-bond acceptors (Lipinski definition) is 3. The van der Waals surface area contributed by atoms with Gasteiger partial charge in [-0.3, -0.25) is 0 Å². The lowest BCUT2D eigenvalue weighted by atomic mass is 10.2. The molecule has 0 aliphatic carbocycles. The summed E-state index contributed by atoms with van der Waals surface area (Å²) in [6.45, 7) is 0. The van der Waals surface area contributed by atoms with Crippen molar-refractivity contribution in [2.45, 2.75) is 0 Å². The summed E-state index contributed by atoms with van der Waals surface area (Å²) in [6, 6.07) is 7.17. The summed E-state index contributed by atoms with van der Waals surface area (Å²) in [5, 5.41) is 8.89. The Balaban J connectivity index is 2.39. The summed E-state index contributed by atoms with van der Waals surface area (Å²) >= 11 is 3.10. The minimum atomic E-state index is -1.05. The molecular weight excluding hydrogens is 288 g/mol. The Hall–Kier alpha value is -1.82. The number of benzene rings is 1. The summed E-state index contributed by atoms with van der Waals surface area (Å²) in [6.07, 6.45) is 0. The van der Waals surface area contributed by atoms with Crippen LogP contribution in [0.25, 0.3) is 11.4 Å². The molecule has 17 heavy (non-hydrogen) atoms. The van der Waals surface area contributed by atoms with Crippen LogP contribution >= 0.6 is 15.9 Å². The number of nitrogens with one attached hydrogen (secondary N) is 1. The first-order valence-electron chi connectivity index (χ1n) is 4.75. The molecule has 88 valence electrons. The molecule has 1 heterocycles. The number of H-pyrrole nitrogens is 1. The van der Waals surface area contributed by atoms with Crippen molar-refractivity contribution in [3.63, 3.8) is 0 Å². The number of ether oxygens (including phenoxy) is 1. The molecule has 0 radical (unpaired) electrons. The molecule has 5 nitrogen and oxygen atoms in total. The normalized spacial score (nSPS) is 10.2. The Kier molecular flexibility index (Phi) is 3.14. The smallest absolute Gasteiger partial charge is 0.355 e. The fraction of sp³-hybridized carbons (Fsp3) is 0.0909. The van der Waals surface area contributed by atoms with Crippen molar-refractivity contribution < 1.29 is 14.6 Å². The van der Waals surface area contributed by atoms with Crippen LogP contribution in [-0.4, -0.2) is 28.2 Å². The van der Waals surface area contributed by atoms with Crippen LogP contribution in [0, 0.1) is 0 Å². The fourth-order valence-electron chi connectivity index (χ4n) is 1.38. The number of aromatic nitrogens is 2. The molecule has 0 aliphatic heterocycles. The number of rotatable bonds is 3. The Morgan fingerprint density at radius 3 is 2.53 bits per heavy atom. The van der Waals surface area contributed by atoms with E-state index in [1.165, 1.54) is 0 Å². The van der Waals surface area contributed by atoms with E-state index >= 15 is 0 Å². The number of aromatic carboxylic acids is 1. The van der Waals surface area contributed by atoms with E-state index < -0.39 is 5.97 Å². The Morgan fingerprint density at radius 1 is 1.41 bits per heavy atom. The Bertz CT molecular complexity index is 548. The molecule has 0 spiro atoms. The number of carboxylic acids is 1. The summed E-state index contributed by atoms with van der Waals surface area (Å²) in [5.41, 5.74) is 0.829. The molecule has 1 aromatic heterocycles. The lowest BCUT2D eigenvalue weighted by Crippen LogP contribution is -1.97. The van der Waals surface area contributed by atoms with Crippen LogP contribution < -0.4 is 4.74 Å². The predicted octanol–water partition coefficient (Wildman–Crippen LogP) is 2.55. The number of halogens is 1. The predicted molar refractivity (Wildman–Crippen MR) is 65.2 cm³/mol. The van der Waals surface area contributed by atoms with Crippen LogP contribution in [0.15, 0.2) is 28.9 Å². The van der Waals surface area contributed by atoms with Crippen LogP contribution in [0.5, 0.6) is 5.75 Å². The average Bonchev–Trinajstić information content (AvgIpc) is 2.71. The number of hydrogen-bond donors (Lipinski definition) is 2. The van der Waals surface area contributed by atoms with E-state index in [4.69, 9.17) is 9.84 Å². The maximum absolute atomic E-state index is 10.8. The zero-order valence-electron chi connectivity index (χ0n) is 8.90. The third-order valence-corrected chi connectivity index (χ3v) is 2.81. The average molecular weight is 297 g/mol. The maximum Gasteiger partial charge on any atom is 0.355 e. The lowest BCUT2D eigenvalue weighted by Gasteiger charge is -2.00. The molecular formula is C11H9BrN2O3. The van der Waals surface area contributed by atoms with Gasteiger partial charge >= 0.3 is 5.97 Å². The number of methoxy groups -OCH3 is 1. The second-order valence-electron chi connectivity index (χ2n) is 3.28. The number of aromatic amines is 1. The van der Waals surface area contributed by atoms with Gasteiger partial charge in [-0.1, -0.05) is 0 Å². The summed E-state index contributed by atoms with van der Waals surface area (Å²) in [4.78, 5) is 17.7. The summed E-state index contributed by atoms with van der Waals surface area (Å²) in [5.74, 6) is 0.180. The van der Waals surface area contributed by atoms with Crippen LogP contribution in [0.3, 0.4) is 0 Å². The molecule has 0 bridgehead atoms. The van der Waals surface area contributed by atoms with Crippen molar-refractivity contribution >= 4 is 21.9 Å². The van der Waals surface area contributed by atoms with Crippen molar-refractivity contribution in [2.75, 3.05) is 7.11 Å². The fourth-order valence-corrected chi connectivity index (χ4v) is 1.83. The van der Waals surface area contributed by atoms with Crippen molar-refractivity contribution in [3.05, 3.63) is 34.6 Å². The van der Waals surface area contributed by atoms with Crippen LogP contribution in [0.4, 0.5) is 0 Å². The highest BCUT2D eigenvalue weighted by Crippen LogP contribution is 2.23. The van der Waals surface area contributed by atoms with Crippen molar-refractivity contribution in [1.29, 1.82) is 0 Å². The van der Waals surface area contributed by atoms with E-state index in [0.717, 1.165) is 11.3 Å². The van der Waals surface area contributed by atoms with Gasteiger partial charge in [0.05, 0.1) is 7.11 Å². The third-order valence-electron chi connectivity index (χ3n) is 2.24. The first kappa shape index (κ1) is 11.7. The molecule has 0 amide bonds. The van der Waals surface area contributed by atoms with Crippen molar-refractivity contribution in [1.82, 2.24) is 9.97 Å². The molecule has 6 heteroatoms. The molecule has 0 fully saturated rings. The first-order valence-corrected chi connectivity index (χ1v) is 5.54. The number of nitrogens with zero attached hydrogens (tertiary/aromatic N) is 1. The van der Waals surface area contributed by atoms with Gasteiger partial charge in [0.1, 0.15) is 16.2 Å². The quantitative estimate of drug-likeness (QED) is 0.913. The minimum Gasteiger partial charge on any atom is -0.497 e. The van der Waals surface area contributed by atoms with Gasteiger partial charge in [0.25, 0.3) is 0 Å². The van der Waals surface area contributed by atoms with E-state index in [1.54, 1.807) is 31.4 Å². The largest absolute Gasteiger partial charge is 0.497 e. The standard InChI is InChI=1S/C11H9BrN2O3/c1-17-7-4-2-6(3-5-7)10-13-8(11(15)16)9(12)14-10/h2-5H,1H3,(H,13,14)(H,15,16). The second kappa shape index (κ2) is 4.58. The van der Waals surface area contributed by atoms with Crippen LogP contribution in [0.1, 0.15) is 10.5 Å². The van der Waals surface area contributed by atoms with E-state index in [1.807, 2.05) is 0 Å². The van der Waals surface area contributed by atoms with Gasteiger partial charge in [-0.15, -0.1) is 0 Å². The molecule has 2 N–H and O–H groups in total. The van der Waals surface area contributed by atoms with Gasteiger partial charge in [0.15, 0.2) is 5.69 Å². The van der Waals surface area contributed by atoms with Crippen LogP contribution in [-0.2, 0) is 0 Å². The highest BCUT2D eigenvalue weighted by atomic mass is 79.9. The highest BCUT2D eigenvalue weighted by molar-refractivity contribution is 9.10. The minimum absolute atomic E-state index is 0.0378. The monoisotopic (exact) mass is 296 g/mol. The second-order valence-corrected chi connectivity index (χ2v) is 4.04. The summed E-state index contributed by atoms with van der Waals surface area (Å²) < 4.78 is 5.33. The molecule has 1 aromatic carbocycles. The molecule has 0 saturated heterocycles. The van der Waals surface area contributed by atoms with E-state index in [0.29, 0.717) is 5.82 Å². The van der Waals surface area contributed by atoms with Crippen LogP contribution in [0.2, 0.25) is 0 Å². The van der Waals surface area contributed by atoms with E-state index in [-0.39, 0.29) is 10.3 Å². The van der Waals surface area contributed by atoms with Gasteiger partial charge < -0.3 is 14.8 Å². The summed E-state index contributed by atoms with van der Waals surface area (Å²) in [7, 11) is 1.58. The molecule has 0 unspecified atom stereocenters. The zero-order valence-corrected chi connectivity index (χ0v) is 10.5. The molecule has 2 aromatic rings. The maximum atomic E-state index is 10.8. The Labute approximate surface area is 106 Å². The van der Waals surface area contributed by atoms with Gasteiger partial charge in [-0.05, 0) is 40.2 Å². The highest BCUT2D eigenvalue weighted by Gasteiger charge is 2.14. The van der Waals surface area contributed by atoms with Gasteiger partial charge in [0.2, 0.25) is 0 Å². The number of carbonyl (C=O) groups is 1.